The van der Waals surface area contributed by atoms with Crippen molar-refractivity contribution in [1.82, 2.24) is 5.32 Å². The predicted octanol–water partition coefficient (Wildman–Crippen LogP) is 2.96. The molecule has 0 radical (unpaired) electrons. The van der Waals surface area contributed by atoms with E-state index in [9.17, 15) is 14.4 Å². The highest BCUT2D eigenvalue weighted by Gasteiger charge is 2.33. The summed E-state index contributed by atoms with van der Waals surface area (Å²) in [5.41, 5.74) is 1.59. The molecular weight excluding hydrogens is 410 g/mol. The number of cyclic esters (lactones) is 1. The number of halogens is 1. The Morgan fingerprint density at radius 3 is 2.60 bits per heavy atom. The van der Waals surface area contributed by atoms with Gasteiger partial charge in [0.15, 0.2) is 0 Å². The van der Waals surface area contributed by atoms with E-state index in [0.717, 1.165) is 5.56 Å². The molecule has 0 bridgehead atoms. The highest BCUT2D eigenvalue weighted by molar-refractivity contribution is 6.32. The molecule has 8 heteroatoms. The Morgan fingerprint density at radius 1 is 1.27 bits per heavy atom. The van der Waals surface area contributed by atoms with Crippen LogP contribution in [-0.2, 0) is 27.1 Å². The van der Waals surface area contributed by atoms with Gasteiger partial charge >= 0.3 is 11.9 Å². The topological polar surface area (TPSA) is 90.9 Å². The molecule has 0 saturated carbocycles. The number of hydrogen-bond donors (Lipinski definition) is 1. The van der Waals surface area contributed by atoms with Gasteiger partial charge in [-0.2, -0.15) is 0 Å². The minimum absolute atomic E-state index is 0.0368. The van der Waals surface area contributed by atoms with Crippen LogP contribution in [-0.4, -0.2) is 44.2 Å². The fourth-order valence-corrected chi connectivity index (χ4v) is 3.74. The molecule has 30 heavy (non-hydrogen) atoms. The van der Waals surface area contributed by atoms with Gasteiger partial charge in [0, 0.05) is 17.9 Å². The van der Waals surface area contributed by atoms with E-state index in [4.69, 9.17) is 25.8 Å². The maximum Gasteiger partial charge on any atom is 0.342 e. The molecule has 0 aromatic heterocycles. The van der Waals surface area contributed by atoms with Gasteiger partial charge in [-0.05, 0) is 24.1 Å². The normalized spacial score (nSPS) is 16.1. The summed E-state index contributed by atoms with van der Waals surface area (Å²) in [6, 6.07) is 9.72. The first-order chi connectivity index (χ1) is 14.3. The Bertz CT molecular complexity index is 975. The van der Waals surface area contributed by atoms with Crippen molar-refractivity contribution in [3.05, 3.63) is 63.7 Å². The molecule has 1 amide bonds. The van der Waals surface area contributed by atoms with Gasteiger partial charge in [-0.3, -0.25) is 4.79 Å². The van der Waals surface area contributed by atoms with Gasteiger partial charge in [-0.25, -0.2) is 9.59 Å². The third-order valence-electron chi connectivity index (χ3n) is 4.86. The van der Waals surface area contributed by atoms with Crippen LogP contribution < -0.4 is 10.1 Å². The second-order valence-corrected chi connectivity index (χ2v) is 7.36. The molecule has 0 saturated heterocycles. The SMILES string of the molecule is COC(=O)C(Cc1ccccc1)NC(=O)c1cc(Cl)c2c(c1OC)C(=O)OC(C)C2. The maximum absolute atomic E-state index is 13.0. The van der Waals surface area contributed by atoms with E-state index in [-0.39, 0.29) is 34.4 Å². The van der Waals surface area contributed by atoms with Gasteiger partial charge < -0.3 is 19.5 Å². The fraction of sp³-hybridized carbons (Fsp3) is 0.318. The second-order valence-electron chi connectivity index (χ2n) is 6.95. The molecule has 2 unspecified atom stereocenters. The lowest BCUT2D eigenvalue weighted by atomic mass is 9.95. The molecule has 2 aromatic carbocycles. The van der Waals surface area contributed by atoms with Gasteiger partial charge in [0.2, 0.25) is 0 Å². The van der Waals surface area contributed by atoms with E-state index in [1.165, 1.54) is 20.3 Å². The lowest BCUT2D eigenvalue weighted by Gasteiger charge is -2.26. The number of carbonyl (C=O) groups excluding carboxylic acids is 3. The minimum atomic E-state index is -0.934. The molecule has 2 aromatic rings. The molecule has 7 nitrogen and oxygen atoms in total. The van der Waals surface area contributed by atoms with Crippen molar-refractivity contribution in [3.8, 4) is 5.75 Å². The smallest absolute Gasteiger partial charge is 0.342 e. The van der Waals surface area contributed by atoms with Crippen LogP contribution in [0, 0.1) is 0 Å². The van der Waals surface area contributed by atoms with Crippen molar-refractivity contribution in [2.24, 2.45) is 0 Å². The number of methoxy groups -OCH3 is 2. The zero-order valence-electron chi connectivity index (χ0n) is 16.9. The van der Waals surface area contributed by atoms with Crippen molar-refractivity contribution >= 4 is 29.4 Å². The Hall–Kier alpha value is -3.06. The van der Waals surface area contributed by atoms with Crippen molar-refractivity contribution in [1.29, 1.82) is 0 Å². The Balaban J connectivity index is 1.95. The predicted molar refractivity (Wildman–Crippen MR) is 110 cm³/mol. The zero-order chi connectivity index (χ0) is 21.8. The molecule has 158 valence electrons. The number of ether oxygens (including phenoxy) is 3. The zero-order valence-corrected chi connectivity index (χ0v) is 17.6. The maximum atomic E-state index is 13.0. The van der Waals surface area contributed by atoms with Crippen LogP contribution in [0.1, 0.15) is 38.8 Å². The molecule has 0 spiro atoms. The molecule has 1 aliphatic rings. The summed E-state index contributed by atoms with van der Waals surface area (Å²) in [4.78, 5) is 37.8. The number of carbonyl (C=O) groups is 3. The number of esters is 2. The molecular formula is C22H22ClNO6. The standard InChI is InChI=1S/C22H22ClNO6/c1-12-9-14-16(23)11-15(19(28-2)18(14)22(27)30-12)20(25)24-17(21(26)29-3)10-13-7-5-4-6-8-13/h4-8,11-12,17H,9-10H2,1-3H3,(H,24,25). The van der Waals surface area contributed by atoms with Gasteiger partial charge in [-0.1, -0.05) is 41.9 Å². The second kappa shape index (κ2) is 9.17. The lowest BCUT2D eigenvalue weighted by Crippen LogP contribution is -2.43. The molecule has 1 aliphatic heterocycles. The molecule has 1 heterocycles. The third kappa shape index (κ3) is 4.41. The first-order valence-corrected chi connectivity index (χ1v) is 9.76. The van der Waals surface area contributed by atoms with E-state index >= 15 is 0 Å². The van der Waals surface area contributed by atoms with E-state index in [2.05, 4.69) is 5.32 Å². The first-order valence-electron chi connectivity index (χ1n) is 9.38. The summed E-state index contributed by atoms with van der Waals surface area (Å²) in [5, 5.41) is 2.92. The number of benzene rings is 2. The van der Waals surface area contributed by atoms with Crippen molar-refractivity contribution in [2.45, 2.75) is 31.9 Å². The monoisotopic (exact) mass is 431 g/mol. The van der Waals surface area contributed by atoms with Crippen LogP contribution in [0.15, 0.2) is 36.4 Å². The van der Waals surface area contributed by atoms with E-state index in [0.29, 0.717) is 12.0 Å². The van der Waals surface area contributed by atoms with Crippen molar-refractivity contribution < 1.29 is 28.6 Å². The largest absolute Gasteiger partial charge is 0.495 e. The summed E-state index contributed by atoms with van der Waals surface area (Å²) < 4.78 is 15.5. The van der Waals surface area contributed by atoms with Gasteiger partial charge in [0.25, 0.3) is 5.91 Å². The fourth-order valence-electron chi connectivity index (χ4n) is 3.46. The molecule has 1 N–H and O–H groups in total. The van der Waals surface area contributed by atoms with Crippen LogP contribution in [0.25, 0.3) is 0 Å². The average molecular weight is 432 g/mol. The van der Waals surface area contributed by atoms with Gasteiger partial charge in [0.05, 0.1) is 19.8 Å². The number of amides is 1. The van der Waals surface area contributed by atoms with Crippen LogP contribution in [0.2, 0.25) is 5.02 Å². The van der Waals surface area contributed by atoms with E-state index in [1.54, 1.807) is 6.92 Å². The van der Waals surface area contributed by atoms with Crippen LogP contribution in [0.4, 0.5) is 0 Å². The number of nitrogens with one attached hydrogen (secondary N) is 1. The van der Waals surface area contributed by atoms with Gasteiger partial charge in [0.1, 0.15) is 23.5 Å². The van der Waals surface area contributed by atoms with Gasteiger partial charge in [-0.15, -0.1) is 0 Å². The minimum Gasteiger partial charge on any atom is -0.495 e. The summed E-state index contributed by atoms with van der Waals surface area (Å²) in [6.45, 7) is 1.76. The number of rotatable bonds is 6. The van der Waals surface area contributed by atoms with E-state index in [1.807, 2.05) is 30.3 Å². The summed E-state index contributed by atoms with van der Waals surface area (Å²) in [7, 11) is 2.60. The summed E-state index contributed by atoms with van der Waals surface area (Å²) in [5.74, 6) is -1.75. The summed E-state index contributed by atoms with van der Waals surface area (Å²) in [6.07, 6.45) is 0.318. The highest BCUT2D eigenvalue weighted by atomic mass is 35.5. The molecule has 0 aliphatic carbocycles. The third-order valence-corrected chi connectivity index (χ3v) is 5.20. The van der Waals surface area contributed by atoms with Crippen LogP contribution >= 0.6 is 11.6 Å². The van der Waals surface area contributed by atoms with Crippen molar-refractivity contribution in [2.75, 3.05) is 14.2 Å². The van der Waals surface area contributed by atoms with Crippen molar-refractivity contribution in [3.63, 3.8) is 0 Å². The Labute approximate surface area is 179 Å². The molecule has 2 atom stereocenters. The van der Waals surface area contributed by atoms with Crippen LogP contribution in [0.3, 0.4) is 0 Å². The highest BCUT2D eigenvalue weighted by Crippen LogP contribution is 2.37. The first kappa shape index (κ1) is 21.6. The number of hydrogen-bond acceptors (Lipinski definition) is 6. The Morgan fingerprint density at radius 2 is 1.97 bits per heavy atom. The quantitative estimate of drug-likeness (QED) is 0.707. The Kier molecular flexibility index (Phi) is 6.62. The number of fused-ring (bicyclic) bond motifs is 1. The molecule has 0 fully saturated rings. The lowest BCUT2D eigenvalue weighted by molar-refractivity contribution is -0.142. The summed E-state index contributed by atoms with van der Waals surface area (Å²) >= 11 is 6.37. The average Bonchev–Trinajstić information content (AvgIpc) is 2.73. The van der Waals surface area contributed by atoms with Crippen LogP contribution in [0.5, 0.6) is 5.75 Å². The molecule has 3 rings (SSSR count). The van der Waals surface area contributed by atoms with E-state index < -0.39 is 23.9 Å².